The van der Waals surface area contributed by atoms with Gasteiger partial charge >= 0.3 is 0 Å². The van der Waals surface area contributed by atoms with Gasteiger partial charge in [0.25, 0.3) is 0 Å². The van der Waals surface area contributed by atoms with Crippen LogP contribution in [0.3, 0.4) is 0 Å². The van der Waals surface area contributed by atoms with Crippen molar-refractivity contribution in [2.45, 2.75) is 58.4 Å². The van der Waals surface area contributed by atoms with Crippen LogP contribution in [-0.2, 0) is 0 Å². The molecule has 1 atom stereocenters. The molecule has 2 fully saturated rings. The van der Waals surface area contributed by atoms with Crippen molar-refractivity contribution < 1.29 is 0 Å². The van der Waals surface area contributed by atoms with Gasteiger partial charge in [-0.2, -0.15) is 0 Å². The summed E-state index contributed by atoms with van der Waals surface area (Å²) in [7, 11) is 0. The topological polar surface area (TPSA) is 32.5 Å². The molecule has 0 aromatic carbocycles. The lowest BCUT2D eigenvalue weighted by Crippen LogP contribution is -2.67. The number of nitrogens with two attached hydrogens (primary N) is 1. The summed E-state index contributed by atoms with van der Waals surface area (Å²) in [6, 6.07) is 0. The lowest BCUT2D eigenvalue weighted by Gasteiger charge is -2.57. The molecule has 2 N–H and O–H groups in total. The minimum atomic E-state index is 0.254. The van der Waals surface area contributed by atoms with Gasteiger partial charge in [-0.15, -0.1) is 0 Å². The molecule has 0 spiro atoms. The molecule has 1 saturated heterocycles. The molecule has 1 aliphatic heterocycles. The molecule has 2 aliphatic rings. The standard InChI is InChI=1S/C16H33N3/c1-4-9-18-10-12-19(13-11-18)16(14-17)8-6-5-7-15(16,2)3/h4-14,17H2,1-3H3. The molecular weight excluding hydrogens is 234 g/mol. The third-order valence-electron chi connectivity index (χ3n) is 5.76. The lowest BCUT2D eigenvalue weighted by atomic mass is 9.62. The van der Waals surface area contributed by atoms with E-state index in [1.54, 1.807) is 0 Å². The van der Waals surface area contributed by atoms with Crippen LogP contribution < -0.4 is 5.73 Å². The largest absolute Gasteiger partial charge is 0.329 e. The van der Waals surface area contributed by atoms with Gasteiger partial charge in [0.15, 0.2) is 0 Å². The SMILES string of the molecule is CCCN1CCN(C2(CN)CCCCC2(C)C)CC1. The highest BCUT2D eigenvalue weighted by Gasteiger charge is 2.49. The third kappa shape index (κ3) is 2.84. The van der Waals surface area contributed by atoms with Crippen LogP contribution in [0.1, 0.15) is 52.9 Å². The van der Waals surface area contributed by atoms with E-state index in [2.05, 4.69) is 30.6 Å². The first-order valence-corrected chi connectivity index (χ1v) is 8.23. The van der Waals surface area contributed by atoms with E-state index >= 15 is 0 Å². The Hall–Kier alpha value is -0.120. The van der Waals surface area contributed by atoms with Crippen LogP contribution in [0.15, 0.2) is 0 Å². The van der Waals surface area contributed by atoms with Crippen molar-refractivity contribution in [3.05, 3.63) is 0 Å². The predicted molar refractivity (Wildman–Crippen MR) is 82.3 cm³/mol. The summed E-state index contributed by atoms with van der Waals surface area (Å²) < 4.78 is 0. The summed E-state index contributed by atoms with van der Waals surface area (Å²) >= 11 is 0. The highest BCUT2D eigenvalue weighted by Crippen LogP contribution is 2.47. The average molecular weight is 267 g/mol. The summed E-state index contributed by atoms with van der Waals surface area (Å²) in [6.07, 6.45) is 6.64. The van der Waals surface area contributed by atoms with E-state index in [1.807, 2.05) is 0 Å². The number of piperazine rings is 1. The zero-order valence-corrected chi connectivity index (χ0v) is 13.2. The van der Waals surface area contributed by atoms with Gasteiger partial charge < -0.3 is 10.6 Å². The molecule has 0 aromatic heterocycles. The van der Waals surface area contributed by atoms with Gasteiger partial charge in [-0.1, -0.05) is 33.6 Å². The third-order valence-corrected chi connectivity index (χ3v) is 5.76. The molecule has 1 aliphatic carbocycles. The summed E-state index contributed by atoms with van der Waals surface area (Å²) in [5.41, 5.74) is 6.90. The Labute approximate surface area is 119 Å². The average Bonchev–Trinajstić information content (AvgIpc) is 2.40. The fourth-order valence-corrected chi connectivity index (χ4v) is 4.36. The first kappa shape index (κ1) is 15.3. The Balaban J connectivity index is 2.06. The molecule has 0 aromatic rings. The van der Waals surface area contributed by atoms with Gasteiger partial charge in [-0.25, -0.2) is 0 Å². The molecular formula is C16H33N3. The monoisotopic (exact) mass is 267 g/mol. The fraction of sp³-hybridized carbons (Fsp3) is 1.00. The van der Waals surface area contributed by atoms with Gasteiger partial charge in [0, 0.05) is 38.3 Å². The Morgan fingerprint density at radius 2 is 1.63 bits per heavy atom. The lowest BCUT2D eigenvalue weighted by molar-refractivity contribution is -0.0647. The maximum Gasteiger partial charge on any atom is 0.0383 e. The van der Waals surface area contributed by atoms with Gasteiger partial charge in [-0.3, -0.25) is 4.90 Å². The van der Waals surface area contributed by atoms with Crippen molar-refractivity contribution >= 4 is 0 Å². The molecule has 2 rings (SSSR count). The van der Waals surface area contributed by atoms with E-state index in [0.29, 0.717) is 5.41 Å². The van der Waals surface area contributed by atoms with E-state index in [9.17, 15) is 0 Å². The minimum Gasteiger partial charge on any atom is -0.329 e. The Bertz CT molecular complexity index is 282. The van der Waals surface area contributed by atoms with Gasteiger partial charge in [0.05, 0.1) is 0 Å². The van der Waals surface area contributed by atoms with Crippen molar-refractivity contribution in [3.8, 4) is 0 Å². The summed E-state index contributed by atoms with van der Waals surface area (Å²) in [6.45, 7) is 14.1. The Morgan fingerprint density at radius 1 is 1.00 bits per heavy atom. The highest BCUT2D eigenvalue weighted by molar-refractivity contribution is 5.06. The minimum absolute atomic E-state index is 0.254. The fourth-order valence-electron chi connectivity index (χ4n) is 4.36. The van der Waals surface area contributed by atoms with Gasteiger partial charge in [0.2, 0.25) is 0 Å². The van der Waals surface area contributed by atoms with Crippen LogP contribution in [0.25, 0.3) is 0 Å². The maximum atomic E-state index is 6.28. The zero-order chi connectivity index (χ0) is 13.9. The summed E-state index contributed by atoms with van der Waals surface area (Å²) in [5.74, 6) is 0. The Kier molecular flexibility index (Phi) is 4.91. The van der Waals surface area contributed by atoms with E-state index < -0.39 is 0 Å². The zero-order valence-electron chi connectivity index (χ0n) is 13.2. The number of rotatable bonds is 4. The molecule has 19 heavy (non-hydrogen) atoms. The van der Waals surface area contributed by atoms with Gasteiger partial charge in [-0.05, 0) is 31.2 Å². The molecule has 0 radical (unpaired) electrons. The van der Waals surface area contributed by atoms with E-state index in [4.69, 9.17) is 5.73 Å². The van der Waals surface area contributed by atoms with E-state index in [1.165, 1.54) is 64.8 Å². The number of hydrogen-bond acceptors (Lipinski definition) is 3. The molecule has 1 heterocycles. The van der Waals surface area contributed by atoms with Crippen LogP contribution in [0, 0.1) is 5.41 Å². The normalized spacial score (nSPS) is 33.5. The second-order valence-electron chi connectivity index (χ2n) is 7.16. The molecule has 1 saturated carbocycles. The van der Waals surface area contributed by atoms with Crippen molar-refractivity contribution in [2.75, 3.05) is 39.3 Å². The van der Waals surface area contributed by atoms with Crippen molar-refractivity contribution in [1.29, 1.82) is 0 Å². The second-order valence-corrected chi connectivity index (χ2v) is 7.16. The van der Waals surface area contributed by atoms with Crippen LogP contribution in [0.2, 0.25) is 0 Å². The van der Waals surface area contributed by atoms with Gasteiger partial charge in [0.1, 0.15) is 0 Å². The molecule has 3 heteroatoms. The van der Waals surface area contributed by atoms with Crippen LogP contribution in [0.4, 0.5) is 0 Å². The molecule has 0 amide bonds. The maximum absolute atomic E-state index is 6.28. The second kappa shape index (κ2) is 6.11. The molecule has 3 nitrogen and oxygen atoms in total. The van der Waals surface area contributed by atoms with E-state index in [-0.39, 0.29) is 5.54 Å². The Morgan fingerprint density at radius 3 is 2.16 bits per heavy atom. The van der Waals surface area contributed by atoms with Crippen molar-refractivity contribution in [3.63, 3.8) is 0 Å². The highest BCUT2D eigenvalue weighted by atomic mass is 15.3. The summed E-state index contributed by atoms with van der Waals surface area (Å²) in [5, 5.41) is 0. The number of nitrogens with zero attached hydrogens (tertiary/aromatic N) is 2. The first-order valence-electron chi connectivity index (χ1n) is 8.23. The number of hydrogen-bond donors (Lipinski definition) is 1. The quantitative estimate of drug-likeness (QED) is 0.848. The smallest absolute Gasteiger partial charge is 0.0383 e. The summed E-state index contributed by atoms with van der Waals surface area (Å²) in [4.78, 5) is 5.34. The first-order chi connectivity index (χ1) is 9.05. The predicted octanol–water partition coefficient (Wildman–Crippen LogP) is 2.31. The molecule has 112 valence electrons. The van der Waals surface area contributed by atoms with Crippen LogP contribution in [0.5, 0.6) is 0 Å². The van der Waals surface area contributed by atoms with Crippen LogP contribution >= 0.6 is 0 Å². The molecule has 1 unspecified atom stereocenters. The molecule has 0 bridgehead atoms. The van der Waals surface area contributed by atoms with E-state index in [0.717, 1.165) is 6.54 Å². The van der Waals surface area contributed by atoms with Crippen molar-refractivity contribution in [1.82, 2.24) is 9.80 Å². The van der Waals surface area contributed by atoms with Crippen molar-refractivity contribution in [2.24, 2.45) is 11.1 Å². The van der Waals surface area contributed by atoms with Crippen LogP contribution in [-0.4, -0.2) is 54.6 Å².